The summed E-state index contributed by atoms with van der Waals surface area (Å²) in [6.07, 6.45) is 4.60. The molecule has 0 aliphatic carbocycles. The summed E-state index contributed by atoms with van der Waals surface area (Å²) in [4.78, 5) is 20.8. The van der Waals surface area contributed by atoms with Crippen LogP contribution in [0.5, 0.6) is 0 Å². The number of aliphatic imine (C=N–C) groups is 1. The number of benzene rings is 1. The standard InChI is InChI=1S/C18H17ClN6O2/c1-10-12(5-6-27-10)14-8-25(22-21-14)16-17-23(2)18(26)13-7-11(19)3-4-15(13)24(17)9-20-16/h3-4,7-10,12H,5-6H2,1-2H3/q+1. The predicted molar refractivity (Wildman–Crippen MR) is 99.8 cm³/mol. The van der Waals surface area contributed by atoms with Crippen LogP contribution in [-0.4, -0.2) is 51.9 Å². The zero-order valence-electron chi connectivity index (χ0n) is 14.8. The SMILES string of the molecule is CC1OCCC1c1cn(C2=C3N(C)C(=O)c4cc(Cl)ccc4[N+]3C=N2)nn1. The van der Waals surface area contributed by atoms with E-state index in [1.54, 1.807) is 35.1 Å². The number of rotatable bonds is 2. The molecule has 2 unspecified atom stereocenters. The number of carbonyl (C=O) groups is 1. The van der Waals surface area contributed by atoms with Crippen LogP contribution < -0.4 is 4.90 Å². The van der Waals surface area contributed by atoms with Gasteiger partial charge in [-0.1, -0.05) is 16.8 Å². The van der Waals surface area contributed by atoms with Gasteiger partial charge in [0.05, 0.1) is 18.0 Å². The van der Waals surface area contributed by atoms with Crippen molar-refractivity contribution in [2.45, 2.75) is 25.4 Å². The lowest BCUT2D eigenvalue weighted by Crippen LogP contribution is -2.41. The Bertz CT molecular complexity index is 1010. The van der Waals surface area contributed by atoms with E-state index in [0.717, 1.165) is 24.4 Å². The first kappa shape index (κ1) is 16.6. The van der Waals surface area contributed by atoms with Crippen molar-refractivity contribution in [1.29, 1.82) is 0 Å². The Hall–Kier alpha value is -2.55. The Labute approximate surface area is 160 Å². The van der Waals surface area contributed by atoms with Crippen molar-refractivity contribution < 1.29 is 9.53 Å². The fraction of sp³-hybridized carbons (Fsp3) is 0.333. The average molecular weight is 385 g/mol. The van der Waals surface area contributed by atoms with E-state index in [0.29, 0.717) is 22.2 Å². The van der Waals surface area contributed by atoms with E-state index in [9.17, 15) is 4.79 Å². The van der Waals surface area contributed by atoms with E-state index in [2.05, 4.69) is 15.3 Å². The third-order valence-corrected chi connectivity index (χ3v) is 5.51. The average Bonchev–Trinajstić information content (AvgIpc) is 3.37. The third-order valence-electron chi connectivity index (χ3n) is 5.28. The molecule has 0 saturated carbocycles. The number of hydrogen-bond donors (Lipinski definition) is 0. The van der Waals surface area contributed by atoms with Gasteiger partial charge in [-0.2, -0.15) is 9.67 Å². The van der Waals surface area contributed by atoms with E-state index >= 15 is 0 Å². The highest BCUT2D eigenvalue weighted by molar-refractivity contribution is 6.31. The Morgan fingerprint density at radius 1 is 1.37 bits per heavy atom. The lowest BCUT2D eigenvalue weighted by atomic mass is 10.00. The van der Waals surface area contributed by atoms with Crippen LogP contribution in [0.15, 0.2) is 35.2 Å². The van der Waals surface area contributed by atoms with E-state index < -0.39 is 0 Å². The topological polar surface area (TPSA) is 78.5 Å². The van der Waals surface area contributed by atoms with E-state index in [1.807, 2.05) is 24.1 Å². The number of ether oxygens (including phenoxy) is 1. The number of nitrogens with zero attached hydrogens (tertiary/aromatic N) is 6. The molecule has 2 atom stereocenters. The number of hydrogen-bond acceptors (Lipinski definition) is 6. The van der Waals surface area contributed by atoms with Crippen LogP contribution >= 0.6 is 11.6 Å². The minimum absolute atomic E-state index is 0.118. The minimum Gasteiger partial charge on any atom is -0.378 e. The van der Waals surface area contributed by atoms with Crippen LogP contribution in [-0.2, 0) is 4.74 Å². The molecule has 5 rings (SSSR count). The molecule has 0 spiro atoms. The van der Waals surface area contributed by atoms with Crippen molar-refractivity contribution in [1.82, 2.24) is 24.8 Å². The maximum atomic E-state index is 12.8. The lowest BCUT2D eigenvalue weighted by molar-refractivity contribution is 0.0815. The molecule has 2 aromatic rings. The number of anilines is 1. The van der Waals surface area contributed by atoms with Crippen molar-refractivity contribution in [2.24, 2.45) is 4.99 Å². The molecule has 1 aromatic carbocycles. The molecule has 4 heterocycles. The van der Waals surface area contributed by atoms with Crippen LogP contribution in [0.2, 0.25) is 5.02 Å². The van der Waals surface area contributed by atoms with Crippen molar-refractivity contribution in [3.05, 3.63) is 46.5 Å². The first-order valence-corrected chi connectivity index (χ1v) is 9.12. The molecule has 1 amide bonds. The first-order valence-electron chi connectivity index (χ1n) is 8.74. The summed E-state index contributed by atoms with van der Waals surface area (Å²) in [6.45, 7) is 2.78. The molecule has 8 nitrogen and oxygen atoms in total. The fourth-order valence-corrected chi connectivity index (χ4v) is 3.99. The van der Waals surface area contributed by atoms with Gasteiger partial charge in [0.1, 0.15) is 5.56 Å². The zero-order valence-corrected chi connectivity index (χ0v) is 15.6. The minimum atomic E-state index is -0.139. The molecule has 0 bridgehead atoms. The maximum Gasteiger partial charge on any atom is 0.318 e. The van der Waals surface area contributed by atoms with Gasteiger partial charge in [0, 0.05) is 30.7 Å². The monoisotopic (exact) mass is 384 g/mol. The Morgan fingerprint density at radius 3 is 3.00 bits per heavy atom. The highest BCUT2D eigenvalue weighted by atomic mass is 35.5. The van der Waals surface area contributed by atoms with Crippen LogP contribution in [0, 0.1) is 0 Å². The fourth-order valence-electron chi connectivity index (χ4n) is 3.82. The van der Waals surface area contributed by atoms with E-state index in [1.165, 1.54) is 0 Å². The highest BCUT2D eigenvalue weighted by Crippen LogP contribution is 2.38. The number of halogens is 1. The normalized spacial score (nSPS) is 24.7. The summed E-state index contributed by atoms with van der Waals surface area (Å²) in [5, 5.41) is 9.09. The summed E-state index contributed by atoms with van der Waals surface area (Å²) in [5.41, 5.74) is 2.16. The quantitative estimate of drug-likeness (QED) is 0.745. The van der Waals surface area contributed by atoms with Crippen molar-refractivity contribution in [3.63, 3.8) is 0 Å². The summed E-state index contributed by atoms with van der Waals surface area (Å²) in [5.74, 6) is 1.28. The number of amides is 1. The summed E-state index contributed by atoms with van der Waals surface area (Å²) in [6, 6.07) is 5.26. The molecule has 1 radical (unpaired) electrons. The van der Waals surface area contributed by atoms with Gasteiger partial charge in [-0.25, -0.2) is 0 Å². The van der Waals surface area contributed by atoms with Crippen molar-refractivity contribution in [2.75, 3.05) is 13.7 Å². The molecule has 1 fully saturated rings. The van der Waals surface area contributed by atoms with Gasteiger partial charge < -0.3 is 4.74 Å². The second kappa shape index (κ2) is 5.98. The molecule has 3 aliphatic rings. The number of carbonyl (C=O) groups excluding carboxylic acids is 1. The molecular weight excluding hydrogens is 368 g/mol. The molecule has 3 aliphatic heterocycles. The Kier molecular flexibility index (Phi) is 3.68. The molecule has 137 valence electrons. The van der Waals surface area contributed by atoms with Crippen LogP contribution in [0.4, 0.5) is 5.69 Å². The van der Waals surface area contributed by atoms with Gasteiger partial charge in [0.15, 0.2) is 0 Å². The van der Waals surface area contributed by atoms with E-state index in [-0.39, 0.29) is 17.9 Å². The molecule has 0 N–H and O–H groups in total. The maximum absolute atomic E-state index is 12.8. The predicted octanol–water partition coefficient (Wildman–Crippen LogP) is 2.51. The Balaban J connectivity index is 1.58. The van der Waals surface area contributed by atoms with Gasteiger partial charge in [-0.3, -0.25) is 9.69 Å². The zero-order chi connectivity index (χ0) is 18.7. The Morgan fingerprint density at radius 2 is 2.22 bits per heavy atom. The lowest BCUT2D eigenvalue weighted by Gasteiger charge is -2.23. The molecule has 1 aromatic heterocycles. The largest absolute Gasteiger partial charge is 0.378 e. The van der Waals surface area contributed by atoms with Gasteiger partial charge in [-0.05, 0) is 30.4 Å². The van der Waals surface area contributed by atoms with Crippen molar-refractivity contribution >= 4 is 35.4 Å². The second-order valence-electron chi connectivity index (χ2n) is 6.85. The number of aromatic nitrogens is 3. The molecule has 9 heteroatoms. The summed E-state index contributed by atoms with van der Waals surface area (Å²) >= 11 is 6.07. The third kappa shape index (κ3) is 2.44. The summed E-state index contributed by atoms with van der Waals surface area (Å²) < 4.78 is 7.25. The first-order chi connectivity index (χ1) is 13.0. The van der Waals surface area contributed by atoms with E-state index in [4.69, 9.17) is 16.3 Å². The highest BCUT2D eigenvalue weighted by Gasteiger charge is 2.47. The number of fused-ring (bicyclic) bond motifs is 3. The van der Waals surface area contributed by atoms with Crippen LogP contribution in [0.3, 0.4) is 0 Å². The van der Waals surface area contributed by atoms with Gasteiger partial charge in [0.25, 0.3) is 12.2 Å². The molecule has 27 heavy (non-hydrogen) atoms. The second-order valence-corrected chi connectivity index (χ2v) is 7.28. The van der Waals surface area contributed by atoms with Gasteiger partial charge in [-0.15, -0.1) is 5.10 Å². The smallest absolute Gasteiger partial charge is 0.318 e. The van der Waals surface area contributed by atoms with Crippen molar-refractivity contribution in [3.8, 4) is 0 Å². The molecule has 1 saturated heterocycles. The van der Waals surface area contributed by atoms with Gasteiger partial charge >= 0.3 is 5.82 Å². The van der Waals surface area contributed by atoms with Crippen LogP contribution in [0.1, 0.15) is 35.3 Å². The molecular formula is C18H17ClN6O2+. The summed E-state index contributed by atoms with van der Waals surface area (Å²) in [7, 11) is 1.72. The van der Waals surface area contributed by atoms with Crippen LogP contribution in [0.25, 0.3) is 5.82 Å². The van der Waals surface area contributed by atoms with Gasteiger partial charge in [0.2, 0.25) is 11.5 Å².